The summed E-state index contributed by atoms with van der Waals surface area (Å²) in [5, 5.41) is 10.3. The number of fused-ring (bicyclic) bond motifs is 5. The quantitative estimate of drug-likeness (QED) is 0.136. The third-order valence-electron chi connectivity index (χ3n) is 10.1. The zero-order valence-corrected chi connectivity index (χ0v) is 28.9. The molecule has 0 aliphatic heterocycles. The average molecular weight is 619 g/mol. The largest absolute Gasteiger partial charge is 0.0622 e. The third-order valence-corrected chi connectivity index (χ3v) is 10.1. The summed E-state index contributed by atoms with van der Waals surface area (Å²) in [6.07, 6.45) is 0. The summed E-state index contributed by atoms with van der Waals surface area (Å²) < 4.78 is 0. The predicted molar refractivity (Wildman–Crippen MR) is 210 cm³/mol. The Morgan fingerprint density at radius 3 is 1.31 bits per heavy atom. The maximum atomic E-state index is 2.50. The molecule has 0 saturated carbocycles. The van der Waals surface area contributed by atoms with Gasteiger partial charge in [0, 0.05) is 0 Å². The first-order chi connectivity index (χ1) is 23.1. The van der Waals surface area contributed by atoms with Crippen LogP contribution in [0, 0.1) is 0 Å². The molecule has 0 nitrogen and oxygen atoms in total. The minimum absolute atomic E-state index is 0.0427. The first kappa shape index (κ1) is 30.2. The van der Waals surface area contributed by atoms with E-state index in [0.717, 1.165) is 0 Å². The van der Waals surface area contributed by atoms with Crippen molar-refractivity contribution >= 4 is 43.1 Å². The Bertz CT molecular complexity index is 2500. The van der Waals surface area contributed by atoms with Crippen LogP contribution in [0.3, 0.4) is 0 Å². The second-order valence-corrected chi connectivity index (χ2v) is 15.4. The van der Waals surface area contributed by atoms with E-state index in [9.17, 15) is 0 Å². The normalized spacial score (nSPS) is 12.4. The maximum Gasteiger partial charge on any atom is -0.00260 e. The molecule has 48 heavy (non-hydrogen) atoms. The standard InChI is InChI=1S/C48H42/c1-47(2,3)35-21-14-19-33(26-35)45-38-24-12-13-25-39(38)46(34-20-15-22-36(27-34)48(4,5)6)44-30-42-40(31-16-8-7-9-17-31)28-32-18-10-11-23-37(32)41(42)29-43(44)45/h7-30H,1-6H3. The molecule has 0 amide bonds. The minimum Gasteiger partial charge on any atom is -0.0622 e. The van der Waals surface area contributed by atoms with Gasteiger partial charge < -0.3 is 0 Å². The van der Waals surface area contributed by atoms with Crippen molar-refractivity contribution in [2.45, 2.75) is 52.4 Å². The second-order valence-electron chi connectivity index (χ2n) is 15.4. The summed E-state index contributed by atoms with van der Waals surface area (Å²) in [6, 6.07) is 54.7. The fraction of sp³-hybridized carbons (Fsp3) is 0.167. The van der Waals surface area contributed by atoms with Crippen molar-refractivity contribution in [3.05, 3.63) is 157 Å². The Morgan fingerprint density at radius 2 is 0.771 bits per heavy atom. The van der Waals surface area contributed by atoms with Crippen molar-refractivity contribution in [1.82, 2.24) is 0 Å². The van der Waals surface area contributed by atoms with Crippen LogP contribution in [0.1, 0.15) is 52.7 Å². The molecular formula is C48H42. The monoisotopic (exact) mass is 618 g/mol. The van der Waals surface area contributed by atoms with Crippen molar-refractivity contribution in [1.29, 1.82) is 0 Å². The molecule has 0 aliphatic rings. The number of hydrogen-bond donors (Lipinski definition) is 0. The maximum absolute atomic E-state index is 2.50. The van der Waals surface area contributed by atoms with Gasteiger partial charge in [0.15, 0.2) is 0 Å². The van der Waals surface area contributed by atoms with Crippen LogP contribution in [0.4, 0.5) is 0 Å². The number of benzene rings is 8. The van der Waals surface area contributed by atoms with E-state index in [2.05, 4.69) is 187 Å². The van der Waals surface area contributed by atoms with Crippen LogP contribution in [0.5, 0.6) is 0 Å². The SMILES string of the molecule is CC(C)(C)c1cccc(-c2c3ccccc3c(-c3cccc(C(C)(C)C)c3)c3cc4c(cc23)c(-c2ccccc2)cc2ccccc24)c1. The van der Waals surface area contributed by atoms with E-state index in [-0.39, 0.29) is 10.8 Å². The van der Waals surface area contributed by atoms with E-state index in [1.807, 2.05) is 0 Å². The van der Waals surface area contributed by atoms with E-state index in [1.54, 1.807) is 0 Å². The highest BCUT2D eigenvalue weighted by Gasteiger charge is 2.22. The molecule has 0 radical (unpaired) electrons. The van der Waals surface area contributed by atoms with Crippen molar-refractivity contribution < 1.29 is 0 Å². The van der Waals surface area contributed by atoms with Crippen LogP contribution in [-0.2, 0) is 10.8 Å². The van der Waals surface area contributed by atoms with Crippen molar-refractivity contribution in [3.63, 3.8) is 0 Å². The van der Waals surface area contributed by atoms with Gasteiger partial charge in [-0.05, 0) is 117 Å². The van der Waals surface area contributed by atoms with Crippen LogP contribution in [0.15, 0.2) is 146 Å². The van der Waals surface area contributed by atoms with Crippen molar-refractivity contribution in [3.8, 4) is 33.4 Å². The van der Waals surface area contributed by atoms with Gasteiger partial charge in [-0.2, -0.15) is 0 Å². The predicted octanol–water partition coefficient (Wildman–Crippen LogP) is 13.9. The molecule has 0 saturated heterocycles. The van der Waals surface area contributed by atoms with Crippen LogP contribution in [-0.4, -0.2) is 0 Å². The third kappa shape index (κ3) is 5.08. The van der Waals surface area contributed by atoms with E-state index in [4.69, 9.17) is 0 Å². The molecule has 0 N–H and O–H groups in total. The van der Waals surface area contributed by atoms with Crippen LogP contribution < -0.4 is 0 Å². The van der Waals surface area contributed by atoms with Gasteiger partial charge in [-0.1, -0.05) is 169 Å². The summed E-state index contributed by atoms with van der Waals surface area (Å²) in [6.45, 7) is 13.8. The molecule has 8 rings (SSSR count). The molecule has 0 aliphatic carbocycles. The van der Waals surface area contributed by atoms with Gasteiger partial charge in [-0.15, -0.1) is 0 Å². The van der Waals surface area contributed by atoms with Crippen molar-refractivity contribution in [2.75, 3.05) is 0 Å². The lowest BCUT2D eigenvalue weighted by atomic mass is 9.80. The molecule has 0 fully saturated rings. The van der Waals surface area contributed by atoms with Crippen LogP contribution in [0.25, 0.3) is 76.5 Å². The molecule has 0 atom stereocenters. The zero-order chi connectivity index (χ0) is 33.2. The highest BCUT2D eigenvalue weighted by atomic mass is 14.3. The average Bonchev–Trinajstić information content (AvgIpc) is 3.09. The van der Waals surface area contributed by atoms with E-state index in [0.29, 0.717) is 0 Å². The lowest BCUT2D eigenvalue weighted by Gasteiger charge is -2.24. The van der Waals surface area contributed by atoms with Crippen LogP contribution >= 0.6 is 0 Å². The van der Waals surface area contributed by atoms with Gasteiger partial charge in [0.2, 0.25) is 0 Å². The summed E-state index contributed by atoms with van der Waals surface area (Å²) in [5.74, 6) is 0. The van der Waals surface area contributed by atoms with E-state index < -0.39 is 0 Å². The summed E-state index contributed by atoms with van der Waals surface area (Å²) in [5.41, 5.74) is 10.4. The lowest BCUT2D eigenvalue weighted by molar-refractivity contribution is 0.590. The summed E-state index contributed by atoms with van der Waals surface area (Å²) in [4.78, 5) is 0. The van der Waals surface area contributed by atoms with Gasteiger partial charge >= 0.3 is 0 Å². The molecule has 0 heteroatoms. The van der Waals surface area contributed by atoms with Gasteiger partial charge in [0.1, 0.15) is 0 Å². The Labute approximate surface area is 284 Å². The summed E-state index contributed by atoms with van der Waals surface area (Å²) >= 11 is 0. The second kappa shape index (κ2) is 11.2. The van der Waals surface area contributed by atoms with Gasteiger partial charge in [0.05, 0.1) is 0 Å². The first-order valence-corrected chi connectivity index (χ1v) is 17.2. The number of rotatable bonds is 3. The van der Waals surface area contributed by atoms with E-state index in [1.165, 1.54) is 87.6 Å². The Balaban J connectivity index is 1.61. The van der Waals surface area contributed by atoms with Gasteiger partial charge in [-0.3, -0.25) is 0 Å². The molecule has 0 unspecified atom stereocenters. The Morgan fingerprint density at radius 1 is 0.312 bits per heavy atom. The van der Waals surface area contributed by atoms with Crippen molar-refractivity contribution in [2.24, 2.45) is 0 Å². The smallest absolute Gasteiger partial charge is 0.00260 e. The first-order valence-electron chi connectivity index (χ1n) is 17.2. The fourth-order valence-electron chi connectivity index (χ4n) is 7.53. The molecule has 8 aromatic rings. The fourth-order valence-corrected chi connectivity index (χ4v) is 7.53. The van der Waals surface area contributed by atoms with E-state index >= 15 is 0 Å². The van der Waals surface area contributed by atoms with Crippen LogP contribution in [0.2, 0.25) is 0 Å². The molecular weight excluding hydrogens is 577 g/mol. The highest BCUT2D eigenvalue weighted by molar-refractivity contribution is 6.27. The highest BCUT2D eigenvalue weighted by Crippen LogP contribution is 2.48. The summed E-state index contributed by atoms with van der Waals surface area (Å²) in [7, 11) is 0. The Hall–Kier alpha value is -5.20. The molecule has 0 heterocycles. The lowest BCUT2D eigenvalue weighted by Crippen LogP contribution is -2.11. The molecule has 0 bridgehead atoms. The zero-order valence-electron chi connectivity index (χ0n) is 28.9. The van der Waals surface area contributed by atoms with Gasteiger partial charge in [0.25, 0.3) is 0 Å². The number of hydrogen-bond acceptors (Lipinski definition) is 0. The van der Waals surface area contributed by atoms with Gasteiger partial charge in [-0.25, -0.2) is 0 Å². The molecule has 0 aromatic heterocycles. The Kier molecular flexibility index (Phi) is 7.04. The molecule has 234 valence electrons. The molecule has 8 aromatic carbocycles. The molecule has 0 spiro atoms. The minimum atomic E-state index is 0.0427. The topological polar surface area (TPSA) is 0 Å².